The number of likely N-dealkylation sites (tertiary alicyclic amines) is 1. The number of hydrogen-bond acceptors (Lipinski definition) is 4. The first kappa shape index (κ1) is 20.0. The van der Waals surface area contributed by atoms with Crippen LogP contribution in [0.2, 0.25) is 0 Å². The number of benzene rings is 1. The molecule has 32 heavy (non-hydrogen) atoms. The third kappa shape index (κ3) is 3.87. The highest BCUT2D eigenvalue weighted by atomic mass is 16.2. The number of pyridine rings is 2. The van der Waals surface area contributed by atoms with Crippen LogP contribution in [0, 0.1) is 5.92 Å². The Kier molecular flexibility index (Phi) is 5.18. The summed E-state index contributed by atoms with van der Waals surface area (Å²) < 4.78 is 1.75. The standard InChI is InChI=1S/C24H23N5O3/c30-22(19-8-4-5-11-25-19)28-13-16-12-17(15-28)21-10-9-20(23(31)29(21)14-16)27-24(32)26-18-6-2-1-3-7-18/h1-11,16-17H,12-15H2,(H2,26,27,32). The van der Waals surface area contributed by atoms with Crippen molar-refractivity contribution < 1.29 is 9.59 Å². The van der Waals surface area contributed by atoms with Gasteiger partial charge in [0, 0.05) is 43.1 Å². The maximum atomic E-state index is 13.1. The van der Waals surface area contributed by atoms with Gasteiger partial charge in [0.2, 0.25) is 0 Å². The number of carbonyl (C=O) groups excluding carboxylic acids is 2. The van der Waals surface area contributed by atoms with Crippen LogP contribution in [-0.4, -0.2) is 39.5 Å². The molecule has 8 heteroatoms. The van der Waals surface area contributed by atoms with Crippen molar-refractivity contribution in [3.63, 3.8) is 0 Å². The molecule has 2 unspecified atom stereocenters. The molecule has 3 aromatic rings. The average Bonchev–Trinajstić information content (AvgIpc) is 2.82. The fraction of sp³-hybridized carbons (Fsp3) is 0.250. The molecule has 1 fully saturated rings. The van der Waals surface area contributed by atoms with E-state index in [-0.39, 0.29) is 29.0 Å². The van der Waals surface area contributed by atoms with Crippen molar-refractivity contribution in [3.8, 4) is 0 Å². The minimum absolute atomic E-state index is 0.0769. The number of nitrogens with one attached hydrogen (secondary N) is 2. The monoisotopic (exact) mass is 429 g/mol. The van der Waals surface area contributed by atoms with Gasteiger partial charge < -0.3 is 20.1 Å². The maximum Gasteiger partial charge on any atom is 0.323 e. The molecule has 2 atom stereocenters. The summed E-state index contributed by atoms with van der Waals surface area (Å²) in [6.45, 7) is 1.66. The number of anilines is 2. The Morgan fingerprint density at radius 1 is 0.906 bits per heavy atom. The first-order valence-electron chi connectivity index (χ1n) is 10.7. The van der Waals surface area contributed by atoms with E-state index in [0.717, 1.165) is 12.1 Å². The largest absolute Gasteiger partial charge is 0.336 e. The van der Waals surface area contributed by atoms with Crippen LogP contribution in [0.15, 0.2) is 71.7 Å². The average molecular weight is 429 g/mol. The fourth-order valence-electron chi connectivity index (χ4n) is 4.66. The summed E-state index contributed by atoms with van der Waals surface area (Å²) >= 11 is 0. The van der Waals surface area contributed by atoms with Crippen molar-refractivity contribution in [1.29, 1.82) is 0 Å². The number of fused-ring (bicyclic) bond motifs is 4. The van der Waals surface area contributed by atoms with Crippen molar-refractivity contribution in [3.05, 3.63) is 88.6 Å². The second-order valence-corrected chi connectivity index (χ2v) is 8.26. The van der Waals surface area contributed by atoms with Gasteiger partial charge in [0.15, 0.2) is 0 Å². The van der Waals surface area contributed by atoms with E-state index in [2.05, 4.69) is 15.6 Å². The molecule has 2 bridgehead atoms. The lowest BCUT2D eigenvalue weighted by Crippen LogP contribution is -2.49. The van der Waals surface area contributed by atoms with E-state index in [1.807, 2.05) is 35.2 Å². The fourth-order valence-corrected chi connectivity index (χ4v) is 4.66. The number of nitrogens with zero attached hydrogens (tertiary/aromatic N) is 3. The summed E-state index contributed by atoms with van der Waals surface area (Å²) in [5.74, 6) is 0.182. The van der Waals surface area contributed by atoms with Gasteiger partial charge in [-0.05, 0) is 48.7 Å². The molecule has 3 amide bonds. The van der Waals surface area contributed by atoms with Crippen LogP contribution in [0.3, 0.4) is 0 Å². The Bertz CT molecular complexity index is 1210. The number of hydrogen-bond donors (Lipinski definition) is 2. The summed E-state index contributed by atoms with van der Waals surface area (Å²) in [7, 11) is 0. The minimum Gasteiger partial charge on any atom is -0.336 e. The van der Waals surface area contributed by atoms with Crippen LogP contribution < -0.4 is 16.2 Å². The normalized spacial score (nSPS) is 19.1. The predicted molar refractivity (Wildman–Crippen MR) is 121 cm³/mol. The third-order valence-electron chi connectivity index (χ3n) is 6.06. The number of aromatic nitrogens is 2. The molecule has 2 aliphatic rings. The Balaban J connectivity index is 1.34. The van der Waals surface area contributed by atoms with Crippen molar-refractivity contribution >= 4 is 23.3 Å². The number of piperidine rings is 1. The van der Waals surface area contributed by atoms with Crippen molar-refractivity contribution in [2.45, 2.75) is 18.9 Å². The molecule has 162 valence electrons. The number of amides is 3. The number of urea groups is 1. The van der Waals surface area contributed by atoms with Crippen LogP contribution >= 0.6 is 0 Å². The molecule has 2 aromatic heterocycles. The second-order valence-electron chi connectivity index (χ2n) is 8.26. The lowest BCUT2D eigenvalue weighted by molar-refractivity contribution is 0.0589. The second kappa shape index (κ2) is 8.30. The third-order valence-corrected chi connectivity index (χ3v) is 6.06. The summed E-state index contributed by atoms with van der Waals surface area (Å²) in [5.41, 5.74) is 2.01. The number of carbonyl (C=O) groups is 2. The molecular weight excluding hydrogens is 406 g/mol. The van der Waals surface area contributed by atoms with E-state index in [4.69, 9.17) is 0 Å². The van der Waals surface area contributed by atoms with Crippen LogP contribution in [0.4, 0.5) is 16.2 Å². The summed E-state index contributed by atoms with van der Waals surface area (Å²) in [6, 6.07) is 17.5. The van der Waals surface area contributed by atoms with Gasteiger partial charge >= 0.3 is 6.03 Å². The van der Waals surface area contributed by atoms with Gasteiger partial charge in [-0.15, -0.1) is 0 Å². The lowest BCUT2D eigenvalue weighted by atomic mass is 9.83. The highest BCUT2D eigenvalue weighted by Crippen LogP contribution is 2.35. The predicted octanol–water partition coefficient (Wildman–Crippen LogP) is 3.15. The van der Waals surface area contributed by atoms with Crippen LogP contribution in [0.1, 0.15) is 28.5 Å². The Hall–Kier alpha value is -3.94. The summed E-state index contributed by atoms with van der Waals surface area (Å²) in [5, 5.41) is 5.39. The van der Waals surface area contributed by atoms with E-state index in [1.165, 1.54) is 0 Å². The Morgan fingerprint density at radius 2 is 1.72 bits per heavy atom. The Morgan fingerprint density at radius 3 is 2.50 bits per heavy atom. The first-order valence-corrected chi connectivity index (χ1v) is 10.7. The van der Waals surface area contributed by atoms with E-state index >= 15 is 0 Å². The molecule has 8 nitrogen and oxygen atoms in total. The minimum atomic E-state index is -0.461. The first-order chi connectivity index (χ1) is 15.6. The van der Waals surface area contributed by atoms with Gasteiger partial charge in [0.05, 0.1) is 0 Å². The zero-order chi connectivity index (χ0) is 22.1. The van der Waals surface area contributed by atoms with E-state index < -0.39 is 6.03 Å². The van der Waals surface area contributed by atoms with E-state index in [1.54, 1.807) is 41.1 Å². The van der Waals surface area contributed by atoms with Crippen LogP contribution in [-0.2, 0) is 6.54 Å². The van der Waals surface area contributed by atoms with Gasteiger partial charge in [-0.3, -0.25) is 14.6 Å². The van der Waals surface area contributed by atoms with Gasteiger partial charge in [-0.25, -0.2) is 4.79 Å². The SMILES string of the molecule is O=C(Nc1ccccc1)Nc1ccc2n(c1=O)CC1CC2CN(C(=O)c2ccccn2)C1. The van der Waals surface area contributed by atoms with Gasteiger partial charge in [0.25, 0.3) is 11.5 Å². The van der Waals surface area contributed by atoms with E-state index in [0.29, 0.717) is 31.0 Å². The molecule has 2 N–H and O–H groups in total. The molecule has 0 aliphatic carbocycles. The van der Waals surface area contributed by atoms with E-state index in [9.17, 15) is 14.4 Å². The molecule has 0 saturated carbocycles. The molecule has 4 heterocycles. The molecule has 2 aliphatic heterocycles. The number of para-hydroxylation sites is 1. The van der Waals surface area contributed by atoms with Crippen molar-refractivity contribution in [2.24, 2.45) is 5.92 Å². The molecule has 1 saturated heterocycles. The molecule has 0 spiro atoms. The number of rotatable bonds is 3. The van der Waals surface area contributed by atoms with Crippen molar-refractivity contribution in [2.75, 3.05) is 23.7 Å². The summed E-state index contributed by atoms with van der Waals surface area (Å²) in [6.07, 6.45) is 2.56. The highest BCUT2D eigenvalue weighted by Gasteiger charge is 2.37. The molecule has 1 aromatic carbocycles. The maximum absolute atomic E-state index is 13.1. The quantitative estimate of drug-likeness (QED) is 0.669. The summed E-state index contributed by atoms with van der Waals surface area (Å²) in [4.78, 5) is 44.3. The zero-order valence-electron chi connectivity index (χ0n) is 17.4. The van der Waals surface area contributed by atoms with Gasteiger partial charge in [0.1, 0.15) is 11.4 Å². The molecule has 5 rings (SSSR count). The Labute approximate surface area is 184 Å². The molecule has 0 radical (unpaired) electrons. The van der Waals surface area contributed by atoms with Crippen LogP contribution in [0.25, 0.3) is 0 Å². The topological polar surface area (TPSA) is 96.3 Å². The highest BCUT2D eigenvalue weighted by molar-refractivity contribution is 5.99. The smallest absolute Gasteiger partial charge is 0.323 e. The zero-order valence-corrected chi connectivity index (χ0v) is 17.4. The lowest BCUT2D eigenvalue weighted by Gasteiger charge is -2.42. The van der Waals surface area contributed by atoms with Gasteiger partial charge in [-0.1, -0.05) is 24.3 Å². The van der Waals surface area contributed by atoms with Crippen molar-refractivity contribution in [1.82, 2.24) is 14.5 Å². The molecular formula is C24H23N5O3. The van der Waals surface area contributed by atoms with Gasteiger partial charge in [-0.2, -0.15) is 0 Å². The van der Waals surface area contributed by atoms with Crippen LogP contribution in [0.5, 0.6) is 0 Å².